The van der Waals surface area contributed by atoms with Crippen molar-refractivity contribution in [2.75, 3.05) is 7.11 Å². The molecule has 0 radical (unpaired) electrons. The predicted octanol–water partition coefficient (Wildman–Crippen LogP) is 2.76. The lowest BCUT2D eigenvalue weighted by molar-refractivity contribution is 0.406. The van der Waals surface area contributed by atoms with E-state index in [2.05, 4.69) is 42.9 Å². The Labute approximate surface area is 114 Å². The first-order chi connectivity index (χ1) is 8.93. The van der Waals surface area contributed by atoms with Crippen molar-refractivity contribution < 1.29 is 4.74 Å². The Morgan fingerprint density at radius 2 is 2.05 bits per heavy atom. The van der Waals surface area contributed by atoms with Gasteiger partial charge in [0.05, 0.1) is 13.2 Å². The van der Waals surface area contributed by atoms with E-state index >= 15 is 0 Å². The monoisotopic (exact) mass is 259 g/mol. The molecule has 0 spiro atoms. The Morgan fingerprint density at radius 1 is 1.32 bits per heavy atom. The maximum Gasteiger partial charge on any atom is 0.127 e. The van der Waals surface area contributed by atoms with E-state index in [1.54, 1.807) is 19.5 Å². The van der Waals surface area contributed by atoms with E-state index in [1.807, 2.05) is 6.07 Å². The van der Waals surface area contributed by atoms with Gasteiger partial charge >= 0.3 is 0 Å². The van der Waals surface area contributed by atoms with Crippen LogP contribution < -0.4 is 10.5 Å². The van der Waals surface area contributed by atoms with Crippen LogP contribution in [0.5, 0.6) is 5.75 Å². The number of nitrogens with one attached hydrogen (secondary N) is 1. The number of hydrogen-bond donors (Lipinski definition) is 2. The minimum atomic E-state index is -0.313. The molecule has 0 fully saturated rings. The number of H-pyrrole nitrogens is 1. The maximum absolute atomic E-state index is 6.28. The second kappa shape index (κ2) is 5.05. The summed E-state index contributed by atoms with van der Waals surface area (Å²) >= 11 is 0. The SMILES string of the molecule is COc1ccc(C(C)(C)C)cc1C(N)c1ncc[nH]1. The number of aromatic amines is 1. The first-order valence-corrected chi connectivity index (χ1v) is 6.36. The molecule has 2 aromatic rings. The lowest BCUT2D eigenvalue weighted by Gasteiger charge is -2.22. The second-order valence-corrected chi connectivity index (χ2v) is 5.66. The lowest BCUT2D eigenvalue weighted by atomic mass is 9.85. The Bertz CT molecular complexity index is 541. The van der Waals surface area contributed by atoms with Gasteiger partial charge in [-0.05, 0) is 23.1 Å². The Kier molecular flexibility index (Phi) is 3.62. The second-order valence-electron chi connectivity index (χ2n) is 5.66. The number of nitrogens with two attached hydrogens (primary N) is 1. The zero-order chi connectivity index (χ0) is 14.0. The average Bonchev–Trinajstić information content (AvgIpc) is 2.90. The van der Waals surface area contributed by atoms with Crippen LogP contribution in [0.4, 0.5) is 0 Å². The van der Waals surface area contributed by atoms with Gasteiger partial charge in [0.15, 0.2) is 0 Å². The summed E-state index contributed by atoms with van der Waals surface area (Å²) < 4.78 is 5.41. The number of ether oxygens (including phenoxy) is 1. The number of methoxy groups -OCH3 is 1. The Morgan fingerprint density at radius 3 is 2.58 bits per heavy atom. The van der Waals surface area contributed by atoms with Crippen molar-refractivity contribution in [1.29, 1.82) is 0 Å². The molecule has 1 aromatic heterocycles. The minimum Gasteiger partial charge on any atom is -0.496 e. The molecule has 1 heterocycles. The Balaban J connectivity index is 2.48. The fraction of sp³-hybridized carbons (Fsp3) is 0.400. The minimum absolute atomic E-state index is 0.0733. The van der Waals surface area contributed by atoms with E-state index in [0.29, 0.717) is 0 Å². The van der Waals surface area contributed by atoms with Gasteiger partial charge in [-0.3, -0.25) is 0 Å². The third-order valence-electron chi connectivity index (χ3n) is 3.24. The number of benzene rings is 1. The number of imidazole rings is 1. The summed E-state index contributed by atoms with van der Waals surface area (Å²) in [5.74, 6) is 1.53. The fourth-order valence-corrected chi connectivity index (χ4v) is 2.04. The van der Waals surface area contributed by atoms with E-state index in [0.717, 1.165) is 17.1 Å². The molecule has 0 bridgehead atoms. The van der Waals surface area contributed by atoms with Crippen LogP contribution in [0.1, 0.15) is 43.8 Å². The van der Waals surface area contributed by atoms with Crippen molar-refractivity contribution >= 4 is 0 Å². The number of hydrogen-bond acceptors (Lipinski definition) is 3. The molecular formula is C15H21N3O. The molecule has 3 N–H and O–H groups in total. The van der Waals surface area contributed by atoms with Crippen molar-refractivity contribution in [3.63, 3.8) is 0 Å². The quantitative estimate of drug-likeness (QED) is 0.890. The van der Waals surface area contributed by atoms with Crippen LogP contribution in [-0.4, -0.2) is 17.1 Å². The van der Waals surface area contributed by atoms with Gasteiger partial charge < -0.3 is 15.5 Å². The smallest absolute Gasteiger partial charge is 0.127 e. The van der Waals surface area contributed by atoms with Gasteiger partial charge in [0, 0.05) is 18.0 Å². The summed E-state index contributed by atoms with van der Waals surface area (Å²) in [6.07, 6.45) is 3.48. The summed E-state index contributed by atoms with van der Waals surface area (Å²) in [4.78, 5) is 7.28. The van der Waals surface area contributed by atoms with E-state index in [1.165, 1.54) is 5.56 Å². The fourth-order valence-electron chi connectivity index (χ4n) is 2.04. The first kappa shape index (κ1) is 13.6. The molecule has 102 valence electrons. The number of aromatic nitrogens is 2. The van der Waals surface area contributed by atoms with Gasteiger partial charge in [-0.1, -0.05) is 26.8 Å². The van der Waals surface area contributed by atoms with Crippen molar-refractivity contribution in [2.45, 2.75) is 32.2 Å². The largest absolute Gasteiger partial charge is 0.496 e. The molecule has 0 aliphatic carbocycles. The van der Waals surface area contributed by atoms with E-state index in [4.69, 9.17) is 10.5 Å². The molecule has 4 nitrogen and oxygen atoms in total. The highest BCUT2D eigenvalue weighted by Crippen LogP contribution is 2.32. The molecule has 2 rings (SSSR count). The molecule has 1 unspecified atom stereocenters. The zero-order valence-electron chi connectivity index (χ0n) is 11.9. The lowest BCUT2D eigenvalue weighted by Crippen LogP contribution is -2.17. The predicted molar refractivity (Wildman–Crippen MR) is 76.3 cm³/mol. The standard InChI is InChI=1S/C15H21N3O/c1-15(2,3)10-5-6-12(19-4)11(9-10)13(16)14-17-7-8-18-14/h5-9,13H,16H2,1-4H3,(H,17,18). The van der Waals surface area contributed by atoms with Gasteiger partial charge in [-0.25, -0.2) is 4.98 Å². The van der Waals surface area contributed by atoms with Crippen LogP contribution in [0, 0.1) is 0 Å². The third-order valence-corrected chi connectivity index (χ3v) is 3.24. The molecule has 4 heteroatoms. The molecule has 0 saturated carbocycles. The van der Waals surface area contributed by atoms with Gasteiger partial charge in [0.25, 0.3) is 0 Å². The number of rotatable bonds is 3. The summed E-state index contributed by atoms with van der Waals surface area (Å²) in [6, 6.07) is 5.84. The van der Waals surface area contributed by atoms with Crippen LogP contribution in [0.2, 0.25) is 0 Å². The van der Waals surface area contributed by atoms with Crippen LogP contribution in [0.3, 0.4) is 0 Å². The van der Waals surface area contributed by atoms with Gasteiger partial charge in [0.1, 0.15) is 11.6 Å². The summed E-state index contributed by atoms with van der Waals surface area (Å²) in [7, 11) is 1.66. The van der Waals surface area contributed by atoms with Crippen molar-refractivity contribution in [1.82, 2.24) is 9.97 Å². The van der Waals surface area contributed by atoms with Gasteiger partial charge in [-0.2, -0.15) is 0 Å². The van der Waals surface area contributed by atoms with Crippen molar-refractivity contribution in [3.05, 3.63) is 47.5 Å². The molecule has 0 amide bonds. The Hall–Kier alpha value is -1.81. The maximum atomic E-state index is 6.28. The van der Waals surface area contributed by atoms with Crippen LogP contribution in [-0.2, 0) is 5.41 Å². The normalized spacial score (nSPS) is 13.3. The highest BCUT2D eigenvalue weighted by molar-refractivity contribution is 5.43. The van der Waals surface area contributed by atoms with Crippen molar-refractivity contribution in [2.24, 2.45) is 5.73 Å². The zero-order valence-corrected chi connectivity index (χ0v) is 11.9. The molecule has 0 aliphatic heterocycles. The summed E-state index contributed by atoms with van der Waals surface area (Å²) in [5.41, 5.74) is 8.52. The number of nitrogens with zero attached hydrogens (tertiary/aromatic N) is 1. The van der Waals surface area contributed by atoms with E-state index in [-0.39, 0.29) is 11.5 Å². The van der Waals surface area contributed by atoms with Crippen LogP contribution in [0.25, 0.3) is 0 Å². The molecule has 0 aliphatic rings. The van der Waals surface area contributed by atoms with Crippen molar-refractivity contribution in [3.8, 4) is 5.75 Å². The van der Waals surface area contributed by atoms with Gasteiger partial charge in [0.2, 0.25) is 0 Å². The molecular weight excluding hydrogens is 238 g/mol. The average molecular weight is 259 g/mol. The molecule has 1 aromatic carbocycles. The summed E-state index contributed by atoms with van der Waals surface area (Å²) in [6.45, 7) is 6.53. The highest BCUT2D eigenvalue weighted by atomic mass is 16.5. The van der Waals surface area contributed by atoms with E-state index < -0.39 is 0 Å². The summed E-state index contributed by atoms with van der Waals surface area (Å²) in [5, 5.41) is 0. The molecule has 0 saturated heterocycles. The van der Waals surface area contributed by atoms with Crippen LogP contribution >= 0.6 is 0 Å². The third kappa shape index (κ3) is 2.79. The van der Waals surface area contributed by atoms with E-state index in [9.17, 15) is 0 Å². The van der Waals surface area contributed by atoms with Gasteiger partial charge in [-0.15, -0.1) is 0 Å². The molecule has 19 heavy (non-hydrogen) atoms. The molecule has 1 atom stereocenters. The topological polar surface area (TPSA) is 63.9 Å². The highest BCUT2D eigenvalue weighted by Gasteiger charge is 2.20. The van der Waals surface area contributed by atoms with Crippen LogP contribution in [0.15, 0.2) is 30.6 Å². The first-order valence-electron chi connectivity index (χ1n) is 6.36.